The quantitative estimate of drug-likeness (QED) is 0.682. The van der Waals surface area contributed by atoms with Gasteiger partial charge in [0.25, 0.3) is 11.8 Å². The van der Waals surface area contributed by atoms with Crippen LogP contribution in [0.4, 0.5) is 0 Å². The molecule has 0 radical (unpaired) electrons. The topological polar surface area (TPSA) is 72.4 Å². The zero-order chi connectivity index (χ0) is 18.3. The van der Waals surface area contributed by atoms with Gasteiger partial charge in [-0.1, -0.05) is 29.8 Å². The molecular formula is C19H16ClN3O3. The summed E-state index contributed by atoms with van der Waals surface area (Å²) in [5, 5.41) is 1.42. The number of amides is 2. The van der Waals surface area contributed by atoms with Crippen LogP contribution in [0.5, 0.6) is 5.75 Å². The molecule has 0 saturated carbocycles. The summed E-state index contributed by atoms with van der Waals surface area (Å²) in [4.78, 5) is 24.8. The van der Waals surface area contributed by atoms with Crippen molar-refractivity contribution in [3.05, 3.63) is 64.8 Å². The Morgan fingerprint density at radius 2 is 2.00 bits per heavy atom. The molecule has 0 aliphatic carbocycles. The van der Waals surface area contributed by atoms with Crippen molar-refractivity contribution in [2.75, 3.05) is 0 Å². The molecule has 26 heavy (non-hydrogen) atoms. The van der Waals surface area contributed by atoms with Crippen molar-refractivity contribution < 1.29 is 14.3 Å². The maximum Gasteiger partial charge on any atom is 0.279 e. The average Bonchev–Trinajstić information content (AvgIpc) is 3.21. The minimum absolute atomic E-state index is 0.381. The number of aromatic nitrogens is 1. The first-order valence-electron chi connectivity index (χ1n) is 8.12. The molecule has 1 aliphatic rings. The minimum Gasteiger partial charge on any atom is -0.480 e. The van der Waals surface area contributed by atoms with Crippen LogP contribution in [0, 0.1) is 0 Å². The predicted octanol–water partition coefficient (Wildman–Crippen LogP) is 2.60. The van der Waals surface area contributed by atoms with Crippen molar-refractivity contribution in [2.45, 2.75) is 12.5 Å². The van der Waals surface area contributed by atoms with Crippen LogP contribution in [0.25, 0.3) is 10.9 Å². The number of halogens is 1. The van der Waals surface area contributed by atoms with Crippen LogP contribution >= 0.6 is 11.6 Å². The molecule has 2 amide bonds. The highest BCUT2D eigenvalue weighted by Crippen LogP contribution is 2.31. The molecule has 1 aromatic heterocycles. The Labute approximate surface area is 154 Å². The van der Waals surface area contributed by atoms with Gasteiger partial charge in [0.05, 0.1) is 5.56 Å². The smallest absolute Gasteiger partial charge is 0.279 e. The van der Waals surface area contributed by atoms with Gasteiger partial charge in [0.1, 0.15) is 5.75 Å². The van der Waals surface area contributed by atoms with Crippen molar-refractivity contribution in [1.29, 1.82) is 0 Å². The first-order valence-corrected chi connectivity index (χ1v) is 8.50. The Balaban J connectivity index is 1.43. The molecule has 2 aromatic carbocycles. The number of hydrazine groups is 1. The maximum atomic E-state index is 12.5. The van der Waals surface area contributed by atoms with Crippen LogP contribution in [0.1, 0.15) is 15.9 Å². The Morgan fingerprint density at radius 1 is 1.19 bits per heavy atom. The molecule has 0 spiro atoms. The van der Waals surface area contributed by atoms with Gasteiger partial charge in [0, 0.05) is 35.6 Å². The van der Waals surface area contributed by atoms with E-state index >= 15 is 0 Å². The lowest BCUT2D eigenvalue weighted by Crippen LogP contribution is -2.47. The molecule has 0 fully saturated rings. The predicted molar refractivity (Wildman–Crippen MR) is 98.1 cm³/mol. The number of hydrogen-bond acceptors (Lipinski definition) is 3. The van der Waals surface area contributed by atoms with Gasteiger partial charge in [-0.15, -0.1) is 0 Å². The molecule has 3 aromatic rings. The third-order valence-electron chi connectivity index (χ3n) is 4.43. The molecule has 0 unspecified atom stereocenters. The standard InChI is InChI=1S/C19H16ClN3O3/c1-23-10-14(13-4-2-3-5-15(13)23)18(24)21-22-19(25)17-9-11-8-12(20)6-7-16(11)26-17/h2-8,10,17H,9H2,1H3,(H,21,24)(H,22,25)/t17-/m0/s1. The van der Waals surface area contributed by atoms with Crippen LogP contribution in [0.15, 0.2) is 48.7 Å². The van der Waals surface area contributed by atoms with Gasteiger partial charge in [0.2, 0.25) is 0 Å². The van der Waals surface area contributed by atoms with E-state index in [2.05, 4.69) is 10.9 Å². The number of carbonyl (C=O) groups excluding carboxylic acids is 2. The maximum absolute atomic E-state index is 12.5. The van der Waals surface area contributed by atoms with E-state index in [9.17, 15) is 9.59 Å². The Hall–Kier alpha value is -2.99. The number of aryl methyl sites for hydroxylation is 1. The summed E-state index contributed by atoms with van der Waals surface area (Å²) in [7, 11) is 1.87. The summed E-state index contributed by atoms with van der Waals surface area (Å²) in [5.74, 6) is -0.158. The number of benzene rings is 2. The Morgan fingerprint density at radius 3 is 2.85 bits per heavy atom. The summed E-state index contributed by atoms with van der Waals surface area (Å²) in [6.45, 7) is 0. The van der Waals surface area contributed by atoms with Crippen LogP contribution in [-0.4, -0.2) is 22.5 Å². The van der Waals surface area contributed by atoms with Gasteiger partial charge in [0.15, 0.2) is 6.10 Å². The van der Waals surface area contributed by atoms with Crippen LogP contribution in [0.2, 0.25) is 5.02 Å². The Kier molecular flexibility index (Phi) is 4.05. The number of para-hydroxylation sites is 1. The van der Waals surface area contributed by atoms with E-state index in [1.807, 2.05) is 35.9 Å². The van der Waals surface area contributed by atoms with E-state index in [1.165, 1.54) is 0 Å². The molecule has 132 valence electrons. The molecular weight excluding hydrogens is 354 g/mol. The zero-order valence-corrected chi connectivity index (χ0v) is 14.7. The van der Waals surface area contributed by atoms with E-state index in [0.29, 0.717) is 22.8 Å². The first kappa shape index (κ1) is 16.5. The fraction of sp³-hybridized carbons (Fsp3) is 0.158. The fourth-order valence-corrected chi connectivity index (χ4v) is 3.35. The van der Waals surface area contributed by atoms with E-state index < -0.39 is 12.0 Å². The summed E-state index contributed by atoms with van der Waals surface area (Å²) >= 11 is 5.96. The average molecular weight is 370 g/mol. The lowest BCUT2D eigenvalue weighted by molar-refractivity contribution is -0.128. The largest absolute Gasteiger partial charge is 0.480 e. The van der Waals surface area contributed by atoms with E-state index in [4.69, 9.17) is 16.3 Å². The van der Waals surface area contributed by atoms with Crippen molar-refractivity contribution in [3.8, 4) is 5.75 Å². The molecule has 6 nitrogen and oxygen atoms in total. The molecule has 0 saturated heterocycles. The van der Waals surface area contributed by atoms with Crippen molar-refractivity contribution in [2.24, 2.45) is 7.05 Å². The highest BCUT2D eigenvalue weighted by atomic mass is 35.5. The number of rotatable bonds is 2. The van der Waals surface area contributed by atoms with Crippen LogP contribution < -0.4 is 15.6 Å². The van der Waals surface area contributed by atoms with Crippen molar-refractivity contribution in [1.82, 2.24) is 15.4 Å². The summed E-state index contributed by atoms with van der Waals surface area (Å²) < 4.78 is 7.48. The lowest BCUT2D eigenvalue weighted by Gasteiger charge is -2.12. The van der Waals surface area contributed by atoms with Gasteiger partial charge >= 0.3 is 0 Å². The van der Waals surface area contributed by atoms with Gasteiger partial charge in [-0.05, 0) is 29.8 Å². The van der Waals surface area contributed by atoms with Gasteiger partial charge < -0.3 is 9.30 Å². The van der Waals surface area contributed by atoms with Crippen molar-refractivity contribution >= 4 is 34.3 Å². The van der Waals surface area contributed by atoms with E-state index in [-0.39, 0.29) is 5.91 Å². The molecule has 7 heteroatoms. The normalized spacial score (nSPS) is 15.4. The second-order valence-corrected chi connectivity index (χ2v) is 6.61. The molecule has 4 rings (SSSR count). The fourth-order valence-electron chi connectivity index (χ4n) is 3.15. The highest BCUT2D eigenvalue weighted by Gasteiger charge is 2.29. The number of hydrogen-bond donors (Lipinski definition) is 2. The molecule has 1 aliphatic heterocycles. The lowest BCUT2D eigenvalue weighted by atomic mass is 10.1. The third kappa shape index (κ3) is 2.88. The molecule has 2 heterocycles. The number of fused-ring (bicyclic) bond motifs is 2. The van der Waals surface area contributed by atoms with Crippen LogP contribution in [-0.2, 0) is 18.3 Å². The van der Waals surface area contributed by atoms with Gasteiger partial charge in [-0.3, -0.25) is 20.4 Å². The molecule has 1 atom stereocenters. The zero-order valence-electron chi connectivity index (χ0n) is 14.0. The first-order chi connectivity index (χ1) is 12.5. The summed E-state index contributed by atoms with van der Waals surface area (Å²) in [5.41, 5.74) is 7.21. The van der Waals surface area contributed by atoms with Crippen LogP contribution in [0.3, 0.4) is 0 Å². The SMILES string of the molecule is Cn1cc(C(=O)NNC(=O)[C@@H]2Cc3cc(Cl)ccc3O2)c2ccccc21. The monoisotopic (exact) mass is 369 g/mol. The highest BCUT2D eigenvalue weighted by molar-refractivity contribution is 6.30. The molecule has 0 bridgehead atoms. The van der Waals surface area contributed by atoms with E-state index in [1.54, 1.807) is 24.4 Å². The molecule has 2 N–H and O–H groups in total. The summed E-state index contributed by atoms with van der Waals surface area (Å²) in [6.07, 6.45) is 1.44. The van der Waals surface area contributed by atoms with Crippen molar-refractivity contribution in [3.63, 3.8) is 0 Å². The summed E-state index contributed by atoms with van der Waals surface area (Å²) in [6, 6.07) is 12.8. The second kappa shape index (κ2) is 6.38. The number of ether oxygens (including phenoxy) is 1. The minimum atomic E-state index is -0.698. The number of carbonyl (C=O) groups is 2. The third-order valence-corrected chi connectivity index (χ3v) is 4.67. The Bertz CT molecular complexity index is 1030. The number of nitrogens with one attached hydrogen (secondary N) is 2. The van der Waals surface area contributed by atoms with E-state index in [0.717, 1.165) is 16.5 Å². The van der Waals surface area contributed by atoms with Gasteiger partial charge in [-0.2, -0.15) is 0 Å². The second-order valence-electron chi connectivity index (χ2n) is 6.18. The number of nitrogens with zero attached hydrogens (tertiary/aromatic N) is 1. The van der Waals surface area contributed by atoms with Gasteiger partial charge in [-0.25, -0.2) is 0 Å².